The third-order valence-electron chi connectivity index (χ3n) is 4.38. The number of carbonyl (C=O) groups excluding carboxylic acids is 1. The molecule has 0 saturated carbocycles. The molecule has 0 unspecified atom stereocenters. The van der Waals surface area contributed by atoms with E-state index in [0.717, 1.165) is 11.1 Å². The molecule has 9 heteroatoms. The number of carbonyl (C=O) groups is 1. The molecule has 0 radical (unpaired) electrons. The highest BCUT2D eigenvalue weighted by Gasteiger charge is 2.15. The van der Waals surface area contributed by atoms with Crippen molar-refractivity contribution in [3.8, 4) is 11.5 Å². The fraction of sp³-hybridized carbons (Fsp3) is 0.286. The van der Waals surface area contributed by atoms with Crippen LogP contribution in [-0.4, -0.2) is 36.4 Å². The van der Waals surface area contributed by atoms with Crippen LogP contribution in [-0.2, 0) is 13.2 Å². The summed E-state index contributed by atoms with van der Waals surface area (Å²) in [5.41, 5.74) is 8.71. The third-order valence-corrected chi connectivity index (χ3v) is 4.38. The van der Waals surface area contributed by atoms with Crippen LogP contribution in [0.1, 0.15) is 27.2 Å². The Hall–Kier alpha value is -3.59. The van der Waals surface area contributed by atoms with Crippen LogP contribution in [0.2, 0.25) is 0 Å². The molecule has 0 atom stereocenters. The molecule has 3 aromatic rings. The predicted octanol–water partition coefficient (Wildman–Crippen LogP) is 2.07. The normalized spacial score (nSPS) is 10.6. The summed E-state index contributed by atoms with van der Waals surface area (Å²) in [5.74, 6) is 0.898. The number of nitrogens with one attached hydrogen (secondary N) is 2. The lowest BCUT2D eigenvalue weighted by molar-refractivity contribution is 0.0944. The number of para-hydroxylation sites is 1. The van der Waals surface area contributed by atoms with Crippen LogP contribution in [0.25, 0.3) is 0 Å². The zero-order chi connectivity index (χ0) is 21.3. The van der Waals surface area contributed by atoms with Crippen LogP contribution in [0.5, 0.6) is 11.5 Å². The van der Waals surface area contributed by atoms with E-state index in [9.17, 15) is 4.79 Å². The lowest BCUT2D eigenvalue weighted by atomic mass is 10.1. The Morgan fingerprint density at radius 2 is 2.00 bits per heavy atom. The molecule has 3 rings (SSSR count). The van der Waals surface area contributed by atoms with Crippen LogP contribution >= 0.6 is 0 Å². The van der Waals surface area contributed by atoms with Gasteiger partial charge in [-0.25, -0.2) is 4.63 Å². The van der Waals surface area contributed by atoms with Gasteiger partial charge in [-0.2, -0.15) is 0 Å². The maximum Gasteiger partial charge on any atom is 0.277 e. The predicted molar refractivity (Wildman–Crippen MR) is 111 cm³/mol. The van der Waals surface area contributed by atoms with Crippen molar-refractivity contribution in [2.45, 2.75) is 20.1 Å². The van der Waals surface area contributed by atoms with Crippen molar-refractivity contribution in [2.75, 3.05) is 25.9 Å². The zero-order valence-corrected chi connectivity index (χ0v) is 17.0. The average Bonchev–Trinajstić information content (AvgIpc) is 3.18. The van der Waals surface area contributed by atoms with Crippen molar-refractivity contribution in [3.05, 3.63) is 64.8 Å². The molecule has 0 fully saturated rings. The number of rotatable bonds is 10. The van der Waals surface area contributed by atoms with E-state index in [0.29, 0.717) is 37.7 Å². The quantitative estimate of drug-likeness (QED) is 0.433. The summed E-state index contributed by atoms with van der Waals surface area (Å²) in [6, 6.07) is 13.9. The number of amides is 1. The molecule has 1 heterocycles. The Morgan fingerprint density at radius 3 is 2.73 bits per heavy atom. The summed E-state index contributed by atoms with van der Waals surface area (Å²) >= 11 is 0. The highest BCUT2D eigenvalue weighted by molar-refractivity contribution is 5.95. The van der Waals surface area contributed by atoms with E-state index in [2.05, 4.69) is 31.6 Å². The van der Waals surface area contributed by atoms with Gasteiger partial charge in [0.05, 0.1) is 7.11 Å². The van der Waals surface area contributed by atoms with Crippen molar-refractivity contribution in [1.82, 2.24) is 20.9 Å². The number of methoxy groups -OCH3 is 1. The molecule has 158 valence electrons. The van der Waals surface area contributed by atoms with Gasteiger partial charge in [0, 0.05) is 25.2 Å². The Morgan fingerprint density at radius 1 is 1.17 bits per heavy atom. The summed E-state index contributed by atoms with van der Waals surface area (Å²) in [5, 5.41) is 12.8. The Bertz CT molecular complexity index is 989. The van der Waals surface area contributed by atoms with Crippen molar-refractivity contribution in [1.29, 1.82) is 0 Å². The van der Waals surface area contributed by atoms with Gasteiger partial charge in [0.25, 0.3) is 5.91 Å². The maximum absolute atomic E-state index is 11.9. The highest BCUT2D eigenvalue weighted by Crippen LogP contribution is 2.31. The first-order valence-corrected chi connectivity index (χ1v) is 9.49. The maximum atomic E-state index is 11.9. The molecule has 0 aliphatic rings. The molecule has 1 aromatic heterocycles. The van der Waals surface area contributed by atoms with Crippen LogP contribution in [0.4, 0.5) is 5.82 Å². The van der Waals surface area contributed by atoms with Crippen molar-refractivity contribution < 1.29 is 18.9 Å². The lowest BCUT2D eigenvalue weighted by Crippen LogP contribution is -2.32. The number of nitrogens with two attached hydrogens (primary N) is 1. The molecule has 1 amide bonds. The SMILES string of the molecule is COc1cccc(CNCCNC(=O)c2nonc2N)c1OCc1cccc(C)c1. The van der Waals surface area contributed by atoms with Crippen LogP contribution in [0, 0.1) is 6.92 Å². The molecular formula is C21H25N5O4. The van der Waals surface area contributed by atoms with Crippen molar-refractivity contribution >= 4 is 11.7 Å². The topological polar surface area (TPSA) is 125 Å². The molecule has 0 spiro atoms. The lowest BCUT2D eigenvalue weighted by Gasteiger charge is -2.16. The van der Waals surface area contributed by atoms with Crippen molar-refractivity contribution in [2.24, 2.45) is 0 Å². The highest BCUT2D eigenvalue weighted by atomic mass is 16.6. The monoisotopic (exact) mass is 411 g/mol. The molecular weight excluding hydrogens is 386 g/mol. The zero-order valence-electron chi connectivity index (χ0n) is 17.0. The Kier molecular flexibility index (Phi) is 7.23. The summed E-state index contributed by atoms with van der Waals surface area (Å²) < 4.78 is 16.0. The van der Waals surface area contributed by atoms with Gasteiger partial charge in [0.2, 0.25) is 11.5 Å². The van der Waals surface area contributed by atoms with Crippen molar-refractivity contribution in [3.63, 3.8) is 0 Å². The van der Waals surface area contributed by atoms with Gasteiger partial charge in [-0.3, -0.25) is 4.79 Å². The number of hydrogen-bond acceptors (Lipinski definition) is 8. The fourth-order valence-electron chi connectivity index (χ4n) is 2.91. The largest absolute Gasteiger partial charge is 0.493 e. The van der Waals surface area contributed by atoms with Gasteiger partial charge in [0.1, 0.15) is 6.61 Å². The third kappa shape index (κ3) is 5.48. The molecule has 0 aliphatic heterocycles. The molecule has 0 bridgehead atoms. The second-order valence-corrected chi connectivity index (χ2v) is 6.66. The van der Waals surface area contributed by atoms with E-state index in [1.165, 1.54) is 5.56 Å². The second-order valence-electron chi connectivity index (χ2n) is 6.66. The molecule has 0 saturated heterocycles. The number of ether oxygens (including phenoxy) is 2. The van der Waals surface area contributed by atoms with E-state index in [1.54, 1.807) is 7.11 Å². The molecule has 2 aromatic carbocycles. The van der Waals surface area contributed by atoms with Gasteiger partial charge >= 0.3 is 0 Å². The van der Waals surface area contributed by atoms with Gasteiger partial charge in [0.15, 0.2) is 11.5 Å². The molecule has 0 aliphatic carbocycles. The summed E-state index contributed by atoms with van der Waals surface area (Å²) in [6.45, 7) is 3.95. The Balaban J connectivity index is 1.53. The van der Waals surface area contributed by atoms with Gasteiger partial charge < -0.3 is 25.8 Å². The number of nitrogens with zero attached hydrogens (tertiary/aromatic N) is 2. The standard InChI is InChI=1S/C21H25N5O4/c1-14-5-3-6-15(11-14)13-29-19-16(7-4-8-17(19)28-2)12-23-9-10-24-21(27)18-20(22)26-30-25-18/h3-8,11,23H,9-10,12-13H2,1-2H3,(H2,22,26)(H,24,27). The van der Waals surface area contributed by atoms with E-state index in [1.807, 2.05) is 43.3 Å². The summed E-state index contributed by atoms with van der Waals surface area (Å²) in [7, 11) is 1.62. The minimum atomic E-state index is -0.431. The number of aryl methyl sites for hydroxylation is 1. The van der Waals surface area contributed by atoms with Gasteiger partial charge in [-0.15, -0.1) is 0 Å². The number of aromatic nitrogens is 2. The van der Waals surface area contributed by atoms with Gasteiger partial charge in [-0.05, 0) is 28.9 Å². The first-order chi connectivity index (χ1) is 14.6. The minimum absolute atomic E-state index is 0.0189. The van der Waals surface area contributed by atoms with Crippen LogP contribution in [0.3, 0.4) is 0 Å². The smallest absolute Gasteiger partial charge is 0.277 e. The number of benzene rings is 2. The van der Waals surface area contributed by atoms with E-state index >= 15 is 0 Å². The van der Waals surface area contributed by atoms with E-state index in [-0.39, 0.29) is 11.5 Å². The fourth-order valence-corrected chi connectivity index (χ4v) is 2.91. The molecule has 30 heavy (non-hydrogen) atoms. The van der Waals surface area contributed by atoms with Gasteiger partial charge in [-0.1, -0.05) is 42.0 Å². The van der Waals surface area contributed by atoms with E-state index < -0.39 is 5.91 Å². The number of hydrogen-bond donors (Lipinski definition) is 3. The number of nitrogen functional groups attached to an aromatic ring is 1. The Labute approximate surface area is 174 Å². The molecule has 4 N–H and O–H groups in total. The van der Waals surface area contributed by atoms with Crippen LogP contribution in [0.15, 0.2) is 47.1 Å². The van der Waals surface area contributed by atoms with E-state index in [4.69, 9.17) is 15.2 Å². The first-order valence-electron chi connectivity index (χ1n) is 9.49. The minimum Gasteiger partial charge on any atom is -0.493 e. The average molecular weight is 411 g/mol. The second kappa shape index (κ2) is 10.3. The summed E-state index contributed by atoms with van der Waals surface area (Å²) in [4.78, 5) is 11.9. The van der Waals surface area contributed by atoms with Crippen LogP contribution < -0.4 is 25.8 Å². The summed E-state index contributed by atoms with van der Waals surface area (Å²) in [6.07, 6.45) is 0. The first kappa shape index (κ1) is 21.1. The molecule has 9 nitrogen and oxygen atoms in total. The number of anilines is 1.